The molecule has 5 rings (SSSR count). The number of rotatable bonds is 3. The standard InChI is InChI=1S/C23H16ClNO6/c1-12-2-8-17(31-12)20-19(21(26)13-3-5-14(24)6-4-13)22(27)23(28)25(20)15-7-9-16-18(10-15)30-11-29-16/h2-10,20,26H,11H2,1H3/b21-19-. The summed E-state index contributed by atoms with van der Waals surface area (Å²) in [5, 5.41) is 11.5. The van der Waals surface area contributed by atoms with Gasteiger partial charge in [0, 0.05) is 22.3 Å². The van der Waals surface area contributed by atoms with Crippen LogP contribution in [0.25, 0.3) is 5.76 Å². The number of benzene rings is 2. The number of hydrogen-bond acceptors (Lipinski definition) is 6. The van der Waals surface area contributed by atoms with E-state index in [1.807, 2.05) is 0 Å². The van der Waals surface area contributed by atoms with Crippen molar-refractivity contribution in [2.24, 2.45) is 0 Å². The number of carbonyl (C=O) groups is 2. The number of furan rings is 1. The molecule has 1 fully saturated rings. The molecular weight excluding hydrogens is 422 g/mol. The Bertz CT molecular complexity index is 1240. The topological polar surface area (TPSA) is 89.2 Å². The second-order valence-corrected chi connectivity index (χ2v) is 7.60. The van der Waals surface area contributed by atoms with Gasteiger partial charge < -0.3 is 19.0 Å². The van der Waals surface area contributed by atoms with Crippen LogP contribution >= 0.6 is 11.6 Å². The molecular formula is C23H16ClNO6. The highest BCUT2D eigenvalue weighted by molar-refractivity contribution is 6.51. The lowest BCUT2D eigenvalue weighted by Crippen LogP contribution is -2.29. The quantitative estimate of drug-likeness (QED) is 0.366. The Kier molecular flexibility index (Phi) is 4.48. The van der Waals surface area contributed by atoms with Crippen molar-refractivity contribution >= 4 is 34.7 Å². The zero-order valence-electron chi connectivity index (χ0n) is 16.3. The second-order valence-electron chi connectivity index (χ2n) is 7.16. The van der Waals surface area contributed by atoms with E-state index in [0.29, 0.717) is 39.3 Å². The van der Waals surface area contributed by atoms with Crippen LogP contribution in [0.4, 0.5) is 5.69 Å². The highest BCUT2D eigenvalue weighted by Crippen LogP contribution is 2.45. The summed E-state index contributed by atoms with van der Waals surface area (Å²) >= 11 is 5.94. The van der Waals surface area contributed by atoms with E-state index in [2.05, 4.69) is 0 Å². The van der Waals surface area contributed by atoms with Crippen LogP contribution < -0.4 is 14.4 Å². The van der Waals surface area contributed by atoms with Crippen LogP contribution in [0.5, 0.6) is 11.5 Å². The fraction of sp³-hybridized carbons (Fsp3) is 0.130. The molecule has 1 saturated heterocycles. The first-order chi connectivity index (χ1) is 14.9. The number of carbonyl (C=O) groups excluding carboxylic acids is 2. The lowest BCUT2D eigenvalue weighted by atomic mass is 9.99. The van der Waals surface area contributed by atoms with Gasteiger partial charge in [0.25, 0.3) is 11.7 Å². The van der Waals surface area contributed by atoms with Gasteiger partial charge in [-0.1, -0.05) is 11.6 Å². The molecule has 1 aromatic heterocycles. The van der Waals surface area contributed by atoms with E-state index in [1.54, 1.807) is 61.5 Å². The molecule has 0 saturated carbocycles. The Morgan fingerprint density at radius 3 is 2.48 bits per heavy atom. The Hall–Kier alpha value is -3.71. The molecule has 31 heavy (non-hydrogen) atoms. The van der Waals surface area contributed by atoms with Crippen LogP contribution in [0.2, 0.25) is 5.02 Å². The number of aliphatic hydroxyl groups excluding tert-OH is 1. The van der Waals surface area contributed by atoms with E-state index in [9.17, 15) is 14.7 Å². The molecule has 3 heterocycles. The SMILES string of the molecule is Cc1ccc(C2/C(=C(/O)c3ccc(Cl)cc3)C(=O)C(=O)N2c2ccc3c(c2)OCO3)o1. The summed E-state index contributed by atoms with van der Waals surface area (Å²) in [5.74, 6) is 0.0657. The number of halogens is 1. The van der Waals surface area contributed by atoms with Crippen molar-refractivity contribution < 1.29 is 28.6 Å². The van der Waals surface area contributed by atoms with Gasteiger partial charge in [-0.3, -0.25) is 14.5 Å². The normalized spacial score (nSPS) is 19.3. The summed E-state index contributed by atoms with van der Waals surface area (Å²) in [6, 6.07) is 13.8. The monoisotopic (exact) mass is 437 g/mol. The first-order valence-electron chi connectivity index (χ1n) is 9.47. The molecule has 7 nitrogen and oxygen atoms in total. The van der Waals surface area contributed by atoms with Crippen molar-refractivity contribution in [1.29, 1.82) is 0 Å². The number of hydrogen-bond donors (Lipinski definition) is 1. The Labute approximate surface area is 182 Å². The minimum atomic E-state index is -0.954. The van der Waals surface area contributed by atoms with E-state index in [1.165, 1.54) is 4.90 Å². The Morgan fingerprint density at radius 2 is 1.77 bits per heavy atom. The molecule has 156 valence electrons. The van der Waals surface area contributed by atoms with Crippen LogP contribution in [0.3, 0.4) is 0 Å². The molecule has 0 radical (unpaired) electrons. The fourth-order valence-corrected chi connectivity index (χ4v) is 3.89. The van der Waals surface area contributed by atoms with E-state index in [0.717, 1.165) is 0 Å². The summed E-state index contributed by atoms with van der Waals surface area (Å²) < 4.78 is 16.5. The third-order valence-corrected chi connectivity index (χ3v) is 5.48. The molecule has 0 spiro atoms. The Morgan fingerprint density at radius 1 is 1.03 bits per heavy atom. The molecule has 1 unspecified atom stereocenters. The molecule has 1 amide bonds. The summed E-state index contributed by atoms with van der Waals surface area (Å²) in [7, 11) is 0. The van der Waals surface area contributed by atoms with Crippen LogP contribution in [0.1, 0.15) is 23.1 Å². The van der Waals surface area contributed by atoms with Crippen molar-refractivity contribution in [3.05, 3.63) is 82.3 Å². The molecule has 0 bridgehead atoms. The molecule has 3 aromatic rings. The van der Waals surface area contributed by atoms with Gasteiger partial charge in [-0.15, -0.1) is 0 Å². The molecule has 8 heteroatoms. The zero-order chi connectivity index (χ0) is 21.7. The summed E-state index contributed by atoms with van der Waals surface area (Å²) in [5.41, 5.74) is 0.710. The van der Waals surface area contributed by atoms with Crippen LogP contribution in [-0.4, -0.2) is 23.6 Å². The van der Waals surface area contributed by atoms with Gasteiger partial charge in [0.15, 0.2) is 11.5 Å². The van der Waals surface area contributed by atoms with Gasteiger partial charge in [-0.05, 0) is 55.5 Å². The van der Waals surface area contributed by atoms with Crippen LogP contribution in [0, 0.1) is 6.92 Å². The van der Waals surface area contributed by atoms with Crippen molar-refractivity contribution in [1.82, 2.24) is 0 Å². The van der Waals surface area contributed by atoms with Gasteiger partial charge in [0.2, 0.25) is 6.79 Å². The average Bonchev–Trinajstić information content (AvgIpc) is 3.46. The number of aliphatic hydroxyl groups is 1. The number of ether oxygens (including phenoxy) is 2. The van der Waals surface area contributed by atoms with Gasteiger partial charge >= 0.3 is 0 Å². The molecule has 2 aromatic carbocycles. The number of ketones is 1. The van der Waals surface area contributed by atoms with E-state index in [4.69, 9.17) is 25.5 Å². The van der Waals surface area contributed by atoms with Crippen molar-refractivity contribution in [3.8, 4) is 11.5 Å². The van der Waals surface area contributed by atoms with Gasteiger partial charge in [-0.2, -0.15) is 0 Å². The predicted octanol–water partition coefficient (Wildman–Crippen LogP) is 4.60. The average molecular weight is 438 g/mol. The van der Waals surface area contributed by atoms with Gasteiger partial charge in [-0.25, -0.2) is 0 Å². The minimum Gasteiger partial charge on any atom is -0.507 e. The van der Waals surface area contributed by atoms with Crippen molar-refractivity contribution in [2.45, 2.75) is 13.0 Å². The van der Waals surface area contributed by atoms with Crippen LogP contribution in [0.15, 0.2) is 64.6 Å². The predicted molar refractivity (Wildman–Crippen MR) is 112 cm³/mol. The second kappa shape index (κ2) is 7.21. The highest BCUT2D eigenvalue weighted by atomic mass is 35.5. The third-order valence-electron chi connectivity index (χ3n) is 5.23. The summed E-state index contributed by atoms with van der Waals surface area (Å²) in [6.07, 6.45) is 0. The zero-order valence-corrected chi connectivity index (χ0v) is 17.1. The van der Waals surface area contributed by atoms with Crippen molar-refractivity contribution in [2.75, 3.05) is 11.7 Å². The molecule has 1 atom stereocenters. The minimum absolute atomic E-state index is 0.0701. The fourth-order valence-electron chi connectivity index (χ4n) is 3.77. The maximum Gasteiger partial charge on any atom is 0.300 e. The number of nitrogens with zero attached hydrogens (tertiary/aromatic N) is 1. The number of amides is 1. The molecule has 2 aliphatic rings. The number of anilines is 1. The van der Waals surface area contributed by atoms with Gasteiger partial charge in [0.1, 0.15) is 23.3 Å². The Balaban J connectivity index is 1.69. The highest BCUT2D eigenvalue weighted by Gasteiger charge is 2.48. The largest absolute Gasteiger partial charge is 0.507 e. The lowest BCUT2D eigenvalue weighted by molar-refractivity contribution is -0.132. The number of Topliss-reactive ketones (excluding diaryl/α,β-unsaturated/α-hetero) is 1. The smallest absolute Gasteiger partial charge is 0.300 e. The first kappa shape index (κ1) is 19.3. The summed E-state index contributed by atoms with van der Waals surface area (Å²) in [4.78, 5) is 27.5. The molecule has 1 N–H and O–H groups in total. The number of aryl methyl sites for hydroxylation is 1. The molecule has 2 aliphatic heterocycles. The maximum atomic E-state index is 13.1. The summed E-state index contributed by atoms with van der Waals surface area (Å²) in [6.45, 7) is 1.84. The van der Waals surface area contributed by atoms with Crippen LogP contribution in [-0.2, 0) is 9.59 Å². The van der Waals surface area contributed by atoms with E-state index < -0.39 is 17.7 Å². The van der Waals surface area contributed by atoms with E-state index in [-0.39, 0.29) is 18.1 Å². The van der Waals surface area contributed by atoms with Gasteiger partial charge in [0.05, 0.1) is 5.57 Å². The van der Waals surface area contributed by atoms with E-state index >= 15 is 0 Å². The lowest BCUT2D eigenvalue weighted by Gasteiger charge is -2.23. The number of fused-ring (bicyclic) bond motifs is 1. The maximum absolute atomic E-state index is 13.1. The van der Waals surface area contributed by atoms with Crippen molar-refractivity contribution in [3.63, 3.8) is 0 Å². The first-order valence-corrected chi connectivity index (χ1v) is 9.85. The third kappa shape index (κ3) is 3.14. The molecule has 0 aliphatic carbocycles.